The first-order valence-corrected chi connectivity index (χ1v) is 9.36. The van der Waals surface area contributed by atoms with E-state index < -0.39 is 11.7 Å². The molecule has 150 valence electrons. The molecule has 0 N–H and O–H groups in total. The summed E-state index contributed by atoms with van der Waals surface area (Å²) in [5, 5.41) is 0. The fourth-order valence-corrected chi connectivity index (χ4v) is 2.89. The summed E-state index contributed by atoms with van der Waals surface area (Å²) >= 11 is 0. The van der Waals surface area contributed by atoms with Gasteiger partial charge in [0.05, 0.1) is 11.0 Å². The maximum Gasteiger partial charge on any atom is 0.414 e. The molecule has 0 spiro atoms. The number of nitrogens with zero attached hydrogens (tertiary/aromatic N) is 3. The molecule has 0 aliphatic heterocycles. The molecular formula is C23H25N3O3. The first kappa shape index (κ1) is 20.3. The summed E-state index contributed by atoms with van der Waals surface area (Å²) in [4.78, 5) is 30.8. The summed E-state index contributed by atoms with van der Waals surface area (Å²) in [6.45, 7) is 5.47. The number of amides is 1. The standard InChI is InChI=1S/C23H25N3O3/c1-23(2,3)29-22(28)25(4)17-10-8-9-16(15-17)13-14-20(27)21-24-18-11-6-7-12-19(18)26(21)5/h6-15H,1-5H3/b14-13+. The minimum atomic E-state index is -0.569. The van der Waals surface area contributed by atoms with E-state index in [0.29, 0.717) is 11.5 Å². The van der Waals surface area contributed by atoms with Crippen LogP contribution in [0, 0.1) is 0 Å². The molecule has 0 aliphatic carbocycles. The molecule has 1 aromatic heterocycles. The second-order valence-electron chi connectivity index (χ2n) is 7.82. The summed E-state index contributed by atoms with van der Waals surface area (Å²) in [5.74, 6) is 0.194. The number of benzene rings is 2. The van der Waals surface area contributed by atoms with Crippen molar-refractivity contribution in [2.45, 2.75) is 26.4 Å². The number of aryl methyl sites for hydroxylation is 1. The molecule has 3 rings (SSSR count). The van der Waals surface area contributed by atoms with Crippen molar-refractivity contribution in [1.29, 1.82) is 0 Å². The van der Waals surface area contributed by atoms with Crippen LogP contribution in [0.4, 0.5) is 10.5 Å². The maximum absolute atomic E-state index is 12.6. The molecule has 1 amide bonds. The number of ether oxygens (including phenoxy) is 1. The van der Waals surface area contributed by atoms with E-state index in [9.17, 15) is 9.59 Å². The first-order chi connectivity index (χ1) is 13.7. The van der Waals surface area contributed by atoms with Gasteiger partial charge in [-0.3, -0.25) is 9.69 Å². The van der Waals surface area contributed by atoms with Gasteiger partial charge in [-0.25, -0.2) is 9.78 Å². The highest BCUT2D eigenvalue weighted by atomic mass is 16.6. The van der Waals surface area contributed by atoms with Gasteiger partial charge >= 0.3 is 6.09 Å². The molecule has 0 aliphatic rings. The molecule has 0 radical (unpaired) electrons. The van der Waals surface area contributed by atoms with Gasteiger partial charge in [-0.1, -0.05) is 30.3 Å². The fraction of sp³-hybridized carbons (Fsp3) is 0.261. The zero-order valence-corrected chi connectivity index (χ0v) is 17.3. The number of rotatable bonds is 4. The molecule has 0 unspecified atom stereocenters. The third-order valence-electron chi connectivity index (χ3n) is 4.36. The van der Waals surface area contributed by atoms with Crippen molar-refractivity contribution in [3.8, 4) is 0 Å². The van der Waals surface area contributed by atoms with Crippen molar-refractivity contribution in [2.24, 2.45) is 7.05 Å². The predicted molar refractivity (Wildman–Crippen MR) is 115 cm³/mol. The monoisotopic (exact) mass is 391 g/mol. The number of carbonyl (C=O) groups excluding carboxylic acids is 2. The lowest BCUT2D eigenvalue weighted by atomic mass is 10.1. The largest absolute Gasteiger partial charge is 0.443 e. The molecule has 0 bridgehead atoms. The molecular weight excluding hydrogens is 366 g/mol. The van der Waals surface area contributed by atoms with E-state index in [1.165, 1.54) is 11.0 Å². The average Bonchev–Trinajstić information content (AvgIpc) is 3.01. The highest BCUT2D eigenvalue weighted by Crippen LogP contribution is 2.20. The topological polar surface area (TPSA) is 64.4 Å². The summed E-state index contributed by atoms with van der Waals surface area (Å²) in [5.41, 5.74) is 2.60. The van der Waals surface area contributed by atoms with Gasteiger partial charge in [-0.2, -0.15) is 0 Å². The molecule has 3 aromatic rings. The SMILES string of the molecule is CN(C(=O)OC(C)(C)C)c1cccc(/C=C/C(=O)c2nc3ccccc3n2C)c1. The number of para-hydroxylation sites is 2. The lowest BCUT2D eigenvalue weighted by Crippen LogP contribution is -2.34. The van der Waals surface area contributed by atoms with E-state index in [0.717, 1.165) is 16.6 Å². The Labute approximate surface area is 170 Å². The summed E-state index contributed by atoms with van der Waals surface area (Å²) in [6, 6.07) is 15.0. The first-order valence-electron chi connectivity index (χ1n) is 9.36. The van der Waals surface area contributed by atoms with Crippen LogP contribution in [0.15, 0.2) is 54.6 Å². The molecule has 6 heteroatoms. The van der Waals surface area contributed by atoms with Crippen LogP contribution in [-0.2, 0) is 11.8 Å². The van der Waals surface area contributed by atoms with Crippen molar-refractivity contribution in [1.82, 2.24) is 9.55 Å². The Morgan fingerprint density at radius 3 is 2.52 bits per heavy atom. The molecule has 0 saturated carbocycles. The van der Waals surface area contributed by atoms with Gasteiger partial charge in [-0.15, -0.1) is 0 Å². The minimum absolute atomic E-state index is 0.186. The number of ketones is 1. The Morgan fingerprint density at radius 2 is 1.83 bits per heavy atom. The molecule has 2 aromatic carbocycles. The van der Waals surface area contributed by atoms with Crippen molar-refractivity contribution in [2.75, 3.05) is 11.9 Å². The quantitative estimate of drug-likeness (QED) is 0.471. The minimum Gasteiger partial charge on any atom is -0.443 e. The van der Waals surface area contributed by atoms with E-state index >= 15 is 0 Å². The summed E-state index contributed by atoms with van der Waals surface area (Å²) < 4.78 is 7.18. The molecule has 0 saturated heterocycles. The zero-order chi connectivity index (χ0) is 21.2. The number of allylic oxidation sites excluding steroid dienone is 1. The molecule has 0 fully saturated rings. The number of hydrogen-bond donors (Lipinski definition) is 0. The second-order valence-corrected chi connectivity index (χ2v) is 7.82. The second kappa shape index (κ2) is 7.91. The third kappa shape index (κ3) is 4.71. The molecule has 1 heterocycles. The van der Waals surface area contributed by atoms with E-state index in [1.807, 2.05) is 76.3 Å². The van der Waals surface area contributed by atoms with Crippen molar-refractivity contribution in [3.05, 3.63) is 66.0 Å². The summed E-state index contributed by atoms with van der Waals surface area (Å²) in [6.07, 6.45) is 2.77. The van der Waals surface area contributed by atoms with Gasteiger partial charge in [0.25, 0.3) is 0 Å². The number of hydrogen-bond acceptors (Lipinski definition) is 4. The third-order valence-corrected chi connectivity index (χ3v) is 4.36. The number of anilines is 1. The molecule has 0 atom stereocenters. The Hall–Kier alpha value is -3.41. The van der Waals surface area contributed by atoms with Crippen LogP contribution in [0.3, 0.4) is 0 Å². The van der Waals surface area contributed by atoms with Gasteiger partial charge in [0.15, 0.2) is 5.82 Å². The normalized spacial score (nSPS) is 11.8. The zero-order valence-electron chi connectivity index (χ0n) is 17.3. The van der Waals surface area contributed by atoms with Crippen LogP contribution in [0.1, 0.15) is 37.0 Å². The Balaban J connectivity index is 1.78. The van der Waals surface area contributed by atoms with Crippen molar-refractivity contribution >= 4 is 34.7 Å². The maximum atomic E-state index is 12.6. The highest BCUT2D eigenvalue weighted by molar-refractivity contribution is 6.06. The van der Waals surface area contributed by atoms with Crippen LogP contribution < -0.4 is 4.90 Å². The van der Waals surface area contributed by atoms with Crippen LogP contribution in [0.5, 0.6) is 0 Å². The number of aromatic nitrogens is 2. The van der Waals surface area contributed by atoms with Crippen LogP contribution in [-0.4, -0.2) is 34.1 Å². The van der Waals surface area contributed by atoms with Crippen LogP contribution >= 0.6 is 0 Å². The van der Waals surface area contributed by atoms with Gasteiger partial charge in [0.2, 0.25) is 5.78 Å². The van der Waals surface area contributed by atoms with E-state index in [-0.39, 0.29) is 5.78 Å². The Bertz CT molecular complexity index is 1090. The van der Waals surface area contributed by atoms with Gasteiger partial charge < -0.3 is 9.30 Å². The lowest BCUT2D eigenvalue weighted by molar-refractivity contribution is 0.0589. The number of carbonyl (C=O) groups is 2. The van der Waals surface area contributed by atoms with Crippen LogP contribution in [0.2, 0.25) is 0 Å². The fourth-order valence-electron chi connectivity index (χ4n) is 2.89. The number of fused-ring (bicyclic) bond motifs is 1. The van der Waals surface area contributed by atoms with Gasteiger partial charge in [-0.05, 0) is 56.7 Å². The molecule has 6 nitrogen and oxygen atoms in total. The van der Waals surface area contributed by atoms with Crippen LogP contribution in [0.25, 0.3) is 17.1 Å². The Kier molecular flexibility index (Phi) is 5.55. The average molecular weight is 391 g/mol. The summed E-state index contributed by atoms with van der Waals surface area (Å²) in [7, 11) is 3.48. The van der Waals surface area contributed by atoms with E-state index in [4.69, 9.17) is 4.74 Å². The Morgan fingerprint density at radius 1 is 1.10 bits per heavy atom. The molecule has 29 heavy (non-hydrogen) atoms. The van der Waals surface area contributed by atoms with E-state index in [2.05, 4.69) is 4.98 Å². The van der Waals surface area contributed by atoms with Gasteiger partial charge in [0.1, 0.15) is 5.60 Å². The van der Waals surface area contributed by atoms with E-state index in [1.54, 1.807) is 17.7 Å². The lowest BCUT2D eigenvalue weighted by Gasteiger charge is -2.24. The van der Waals surface area contributed by atoms with Crippen molar-refractivity contribution < 1.29 is 14.3 Å². The highest BCUT2D eigenvalue weighted by Gasteiger charge is 2.20. The van der Waals surface area contributed by atoms with Crippen molar-refractivity contribution in [3.63, 3.8) is 0 Å². The van der Waals surface area contributed by atoms with Gasteiger partial charge in [0, 0.05) is 19.8 Å². The smallest absolute Gasteiger partial charge is 0.414 e. The number of imidazole rings is 1. The predicted octanol–water partition coefficient (Wildman–Crippen LogP) is 4.84.